The summed E-state index contributed by atoms with van der Waals surface area (Å²) >= 11 is 0. The Labute approximate surface area is 82.2 Å². The molecule has 0 unspecified atom stereocenters. The molecule has 0 aromatic carbocycles. The van der Waals surface area contributed by atoms with Gasteiger partial charge in [0.2, 0.25) is 5.91 Å². The number of hydrogen-bond acceptors (Lipinski definition) is 2. The van der Waals surface area contributed by atoms with Gasteiger partial charge < -0.3 is 10.6 Å². The maximum absolute atomic E-state index is 12.5. The highest BCUT2D eigenvalue weighted by Crippen LogP contribution is 2.29. The van der Waals surface area contributed by atoms with Crippen molar-refractivity contribution in [2.24, 2.45) is 5.73 Å². The molecule has 0 aromatic heterocycles. The first-order chi connectivity index (χ1) is 6.34. The molecule has 1 saturated heterocycles. The summed E-state index contributed by atoms with van der Waals surface area (Å²) in [5.74, 6) is -3.06. The zero-order chi connectivity index (χ0) is 11.0. The van der Waals surface area contributed by atoms with E-state index in [0.29, 0.717) is 12.8 Å². The summed E-state index contributed by atoms with van der Waals surface area (Å²) < 4.78 is 25.0. The lowest BCUT2D eigenvalue weighted by Crippen LogP contribution is -2.65. The number of halogens is 2. The summed E-state index contributed by atoms with van der Waals surface area (Å²) in [4.78, 5) is 12.8. The Hall–Kier alpha value is -0.710. The van der Waals surface area contributed by atoms with Gasteiger partial charge in [0, 0.05) is 0 Å². The van der Waals surface area contributed by atoms with Crippen LogP contribution in [0.5, 0.6) is 0 Å². The molecule has 82 valence electrons. The van der Waals surface area contributed by atoms with Gasteiger partial charge in [0.05, 0.1) is 18.6 Å². The highest BCUT2D eigenvalue weighted by Gasteiger charge is 2.49. The zero-order valence-electron chi connectivity index (χ0n) is 8.52. The van der Waals surface area contributed by atoms with E-state index in [0.717, 1.165) is 4.90 Å². The highest BCUT2D eigenvalue weighted by atomic mass is 19.3. The Morgan fingerprint density at radius 3 is 2.14 bits per heavy atom. The molecule has 0 atom stereocenters. The normalized spacial score (nSPS) is 20.5. The Kier molecular flexibility index (Phi) is 2.81. The predicted molar refractivity (Wildman–Crippen MR) is 49.0 cm³/mol. The van der Waals surface area contributed by atoms with E-state index in [2.05, 4.69) is 0 Å². The molecule has 1 amide bonds. The molecule has 0 radical (unpaired) electrons. The van der Waals surface area contributed by atoms with Crippen molar-refractivity contribution in [3.05, 3.63) is 0 Å². The van der Waals surface area contributed by atoms with Crippen LogP contribution in [0.3, 0.4) is 0 Å². The third kappa shape index (κ3) is 1.87. The number of carbonyl (C=O) groups excluding carboxylic acids is 1. The first kappa shape index (κ1) is 11.4. The second-order valence-corrected chi connectivity index (χ2v) is 3.88. The third-order valence-corrected chi connectivity index (χ3v) is 2.82. The van der Waals surface area contributed by atoms with Crippen LogP contribution >= 0.6 is 0 Å². The van der Waals surface area contributed by atoms with E-state index < -0.39 is 24.6 Å². The van der Waals surface area contributed by atoms with E-state index in [1.807, 2.05) is 0 Å². The van der Waals surface area contributed by atoms with Crippen LogP contribution < -0.4 is 5.73 Å². The molecule has 5 heteroatoms. The lowest BCUT2D eigenvalue weighted by molar-refractivity contribution is -0.171. The standard InChI is InChI=1S/C9H16F2N2O/c1-3-8(12,4-2)7(14)13-5-9(10,11)6-13/h3-6,12H2,1-2H3. The van der Waals surface area contributed by atoms with Crippen LogP contribution in [0.4, 0.5) is 8.78 Å². The van der Waals surface area contributed by atoms with Crippen molar-refractivity contribution in [3.8, 4) is 0 Å². The van der Waals surface area contributed by atoms with Gasteiger partial charge in [-0.05, 0) is 12.8 Å². The quantitative estimate of drug-likeness (QED) is 0.748. The van der Waals surface area contributed by atoms with E-state index in [9.17, 15) is 13.6 Å². The minimum Gasteiger partial charge on any atom is -0.329 e. The van der Waals surface area contributed by atoms with E-state index in [1.165, 1.54) is 0 Å². The Bertz CT molecular complexity index is 231. The lowest BCUT2D eigenvalue weighted by atomic mass is 9.91. The molecular formula is C9H16F2N2O. The van der Waals surface area contributed by atoms with Crippen molar-refractivity contribution in [2.75, 3.05) is 13.1 Å². The topological polar surface area (TPSA) is 46.3 Å². The Balaban J connectivity index is 2.59. The van der Waals surface area contributed by atoms with Crippen molar-refractivity contribution in [1.82, 2.24) is 4.90 Å². The van der Waals surface area contributed by atoms with Crippen LogP contribution in [0.25, 0.3) is 0 Å². The van der Waals surface area contributed by atoms with Crippen molar-refractivity contribution in [3.63, 3.8) is 0 Å². The minimum absolute atomic E-state index is 0.353. The number of alkyl halides is 2. The van der Waals surface area contributed by atoms with Crippen molar-refractivity contribution < 1.29 is 13.6 Å². The molecule has 0 saturated carbocycles. The maximum Gasteiger partial charge on any atom is 0.282 e. The fraction of sp³-hybridized carbons (Fsp3) is 0.889. The molecule has 14 heavy (non-hydrogen) atoms. The second-order valence-electron chi connectivity index (χ2n) is 3.88. The van der Waals surface area contributed by atoms with Crippen molar-refractivity contribution >= 4 is 5.91 Å². The molecule has 0 bridgehead atoms. The average Bonchev–Trinajstić information content (AvgIpc) is 2.11. The molecular weight excluding hydrogens is 190 g/mol. The van der Waals surface area contributed by atoms with Gasteiger partial charge in [-0.15, -0.1) is 0 Å². The molecule has 1 heterocycles. The predicted octanol–water partition coefficient (Wildman–Crippen LogP) is 0.981. The molecule has 2 N–H and O–H groups in total. The van der Waals surface area contributed by atoms with Gasteiger partial charge in [-0.2, -0.15) is 0 Å². The van der Waals surface area contributed by atoms with Crippen LogP contribution in [-0.4, -0.2) is 35.4 Å². The van der Waals surface area contributed by atoms with Crippen molar-refractivity contribution in [2.45, 2.75) is 38.2 Å². The Morgan fingerprint density at radius 1 is 1.43 bits per heavy atom. The van der Waals surface area contributed by atoms with E-state index >= 15 is 0 Å². The zero-order valence-corrected chi connectivity index (χ0v) is 8.52. The molecule has 0 aliphatic carbocycles. The summed E-state index contributed by atoms with van der Waals surface area (Å²) in [6, 6.07) is 0. The number of nitrogens with zero attached hydrogens (tertiary/aromatic N) is 1. The van der Waals surface area contributed by atoms with Gasteiger partial charge in [-0.3, -0.25) is 4.79 Å². The fourth-order valence-electron chi connectivity index (χ4n) is 1.52. The smallest absolute Gasteiger partial charge is 0.282 e. The monoisotopic (exact) mass is 206 g/mol. The third-order valence-electron chi connectivity index (χ3n) is 2.82. The summed E-state index contributed by atoms with van der Waals surface area (Å²) in [6.45, 7) is 2.62. The van der Waals surface area contributed by atoms with E-state index in [1.54, 1.807) is 13.8 Å². The second kappa shape index (κ2) is 3.46. The van der Waals surface area contributed by atoms with Crippen LogP contribution in [0, 0.1) is 0 Å². The first-order valence-corrected chi connectivity index (χ1v) is 4.81. The van der Waals surface area contributed by atoms with Gasteiger partial charge in [0.1, 0.15) is 0 Å². The first-order valence-electron chi connectivity index (χ1n) is 4.81. The average molecular weight is 206 g/mol. The van der Waals surface area contributed by atoms with Gasteiger partial charge in [-0.25, -0.2) is 8.78 Å². The number of amides is 1. The minimum atomic E-state index is -2.71. The summed E-state index contributed by atoms with van der Waals surface area (Å²) in [5, 5.41) is 0. The molecule has 0 aromatic rings. The number of carbonyl (C=O) groups is 1. The van der Waals surface area contributed by atoms with Gasteiger partial charge in [0.25, 0.3) is 5.92 Å². The molecule has 1 fully saturated rings. The molecule has 0 spiro atoms. The van der Waals surface area contributed by atoms with Gasteiger partial charge in [-0.1, -0.05) is 13.8 Å². The lowest BCUT2D eigenvalue weighted by Gasteiger charge is -2.43. The largest absolute Gasteiger partial charge is 0.329 e. The number of hydrogen-bond donors (Lipinski definition) is 1. The van der Waals surface area contributed by atoms with Crippen LogP contribution in [-0.2, 0) is 4.79 Å². The highest BCUT2D eigenvalue weighted by molar-refractivity contribution is 5.86. The van der Waals surface area contributed by atoms with Crippen LogP contribution in [0.15, 0.2) is 0 Å². The molecule has 3 nitrogen and oxygen atoms in total. The van der Waals surface area contributed by atoms with Gasteiger partial charge >= 0.3 is 0 Å². The summed E-state index contributed by atoms with van der Waals surface area (Å²) in [7, 11) is 0. The summed E-state index contributed by atoms with van der Waals surface area (Å²) in [6.07, 6.45) is 0.953. The number of rotatable bonds is 3. The number of nitrogens with two attached hydrogens (primary N) is 1. The molecule has 1 rings (SSSR count). The Morgan fingerprint density at radius 2 is 1.86 bits per heavy atom. The SMILES string of the molecule is CCC(N)(CC)C(=O)N1CC(F)(F)C1. The van der Waals surface area contributed by atoms with Crippen molar-refractivity contribution in [1.29, 1.82) is 0 Å². The van der Waals surface area contributed by atoms with E-state index in [4.69, 9.17) is 5.73 Å². The molecule has 1 aliphatic rings. The maximum atomic E-state index is 12.5. The molecule has 1 aliphatic heterocycles. The van der Waals surface area contributed by atoms with Crippen LogP contribution in [0.1, 0.15) is 26.7 Å². The number of likely N-dealkylation sites (tertiary alicyclic amines) is 1. The fourth-order valence-corrected chi connectivity index (χ4v) is 1.52. The van der Waals surface area contributed by atoms with Crippen LogP contribution in [0.2, 0.25) is 0 Å². The van der Waals surface area contributed by atoms with E-state index in [-0.39, 0.29) is 5.91 Å². The van der Waals surface area contributed by atoms with Gasteiger partial charge in [0.15, 0.2) is 0 Å². The summed E-state index contributed by atoms with van der Waals surface area (Å²) in [5.41, 5.74) is 4.84.